The third kappa shape index (κ3) is 3.62. The predicted octanol–water partition coefficient (Wildman–Crippen LogP) is 3.56. The minimum Gasteiger partial charge on any atom is -0.493 e. The zero-order chi connectivity index (χ0) is 16.3. The van der Waals surface area contributed by atoms with Crippen molar-refractivity contribution >= 4 is 40.3 Å². The Labute approximate surface area is 140 Å². The highest BCUT2D eigenvalue weighted by Crippen LogP contribution is 2.34. The topological polar surface area (TPSA) is 38.8 Å². The standard InChI is InChI=1S/C16H19NO3S2/c1-10(2)9-17-15(18)14(22-16(17)21)8-11-5-6-12(19-3)13(7-11)20-4/h5-8,10H,9H2,1-4H3/b14-8-. The molecule has 0 N–H and O–H groups in total. The van der Waals surface area contributed by atoms with E-state index in [2.05, 4.69) is 13.8 Å². The first kappa shape index (κ1) is 16.8. The predicted molar refractivity (Wildman–Crippen MR) is 94.3 cm³/mol. The summed E-state index contributed by atoms with van der Waals surface area (Å²) in [6.07, 6.45) is 1.83. The van der Waals surface area contributed by atoms with Crippen LogP contribution in [0.3, 0.4) is 0 Å². The van der Waals surface area contributed by atoms with E-state index in [4.69, 9.17) is 21.7 Å². The molecule has 118 valence electrons. The van der Waals surface area contributed by atoms with Crippen LogP contribution in [0, 0.1) is 5.92 Å². The zero-order valence-corrected chi connectivity index (χ0v) is 14.7. The smallest absolute Gasteiger partial charge is 0.266 e. The lowest BCUT2D eigenvalue weighted by Gasteiger charge is -2.16. The molecular weight excluding hydrogens is 318 g/mol. The minimum absolute atomic E-state index is 0.0292. The van der Waals surface area contributed by atoms with Crippen molar-refractivity contribution < 1.29 is 14.3 Å². The number of amides is 1. The van der Waals surface area contributed by atoms with E-state index in [0.717, 1.165) is 5.56 Å². The fourth-order valence-corrected chi connectivity index (χ4v) is 3.39. The molecule has 0 radical (unpaired) electrons. The Hall–Kier alpha value is -1.53. The van der Waals surface area contributed by atoms with E-state index >= 15 is 0 Å². The highest BCUT2D eigenvalue weighted by atomic mass is 32.2. The van der Waals surface area contributed by atoms with Gasteiger partial charge < -0.3 is 9.47 Å². The Morgan fingerprint density at radius 3 is 2.55 bits per heavy atom. The van der Waals surface area contributed by atoms with Crippen molar-refractivity contribution in [2.24, 2.45) is 5.92 Å². The molecular formula is C16H19NO3S2. The fraction of sp³-hybridized carbons (Fsp3) is 0.375. The maximum absolute atomic E-state index is 12.4. The Bertz CT molecular complexity index is 626. The molecule has 1 aromatic carbocycles. The maximum Gasteiger partial charge on any atom is 0.266 e. The van der Waals surface area contributed by atoms with Crippen LogP contribution < -0.4 is 9.47 Å². The van der Waals surface area contributed by atoms with Gasteiger partial charge in [-0.3, -0.25) is 9.69 Å². The lowest BCUT2D eigenvalue weighted by Crippen LogP contribution is -2.31. The number of thioether (sulfide) groups is 1. The van der Waals surface area contributed by atoms with E-state index in [1.807, 2.05) is 24.3 Å². The number of thiocarbonyl (C=S) groups is 1. The van der Waals surface area contributed by atoms with Gasteiger partial charge in [0.2, 0.25) is 0 Å². The maximum atomic E-state index is 12.4. The van der Waals surface area contributed by atoms with Crippen molar-refractivity contribution in [3.63, 3.8) is 0 Å². The molecule has 0 spiro atoms. The molecule has 2 rings (SSSR count). The molecule has 1 heterocycles. The molecule has 1 aliphatic heterocycles. The second-order valence-corrected chi connectivity index (χ2v) is 6.98. The van der Waals surface area contributed by atoms with Gasteiger partial charge in [-0.25, -0.2) is 0 Å². The summed E-state index contributed by atoms with van der Waals surface area (Å²) >= 11 is 6.64. The van der Waals surface area contributed by atoms with Crippen LogP contribution in [0.5, 0.6) is 11.5 Å². The van der Waals surface area contributed by atoms with Crippen molar-refractivity contribution in [3.05, 3.63) is 28.7 Å². The first-order chi connectivity index (χ1) is 10.5. The van der Waals surface area contributed by atoms with Gasteiger partial charge in [-0.2, -0.15) is 0 Å². The quantitative estimate of drug-likeness (QED) is 0.607. The first-order valence-corrected chi connectivity index (χ1v) is 8.16. The van der Waals surface area contributed by atoms with E-state index in [0.29, 0.717) is 33.2 Å². The molecule has 4 nitrogen and oxygen atoms in total. The number of nitrogens with zero attached hydrogens (tertiary/aromatic N) is 1. The van der Waals surface area contributed by atoms with Crippen LogP contribution in [-0.2, 0) is 4.79 Å². The first-order valence-electron chi connectivity index (χ1n) is 6.93. The van der Waals surface area contributed by atoms with E-state index in [1.165, 1.54) is 11.8 Å². The van der Waals surface area contributed by atoms with Crippen molar-refractivity contribution in [3.8, 4) is 11.5 Å². The average Bonchev–Trinajstić information content (AvgIpc) is 2.74. The molecule has 0 unspecified atom stereocenters. The molecule has 0 saturated carbocycles. The van der Waals surface area contributed by atoms with E-state index in [-0.39, 0.29) is 5.91 Å². The summed E-state index contributed by atoms with van der Waals surface area (Å²) in [6.45, 7) is 4.78. The summed E-state index contributed by atoms with van der Waals surface area (Å²) in [5.41, 5.74) is 0.877. The molecule has 1 amide bonds. The summed E-state index contributed by atoms with van der Waals surface area (Å²) in [5.74, 6) is 1.64. The molecule has 22 heavy (non-hydrogen) atoms. The number of benzene rings is 1. The van der Waals surface area contributed by atoms with Crippen LogP contribution in [0.25, 0.3) is 6.08 Å². The Morgan fingerprint density at radius 2 is 1.95 bits per heavy atom. The summed E-state index contributed by atoms with van der Waals surface area (Å²) in [7, 11) is 3.18. The third-order valence-corrected chi connectivity index (χ3v) is 4.50. The summed E-state index contributed by atoms with van der Waals surface area (Å²) < 4.78 is 11.1. The molecule has 1 fully saturated rings. The Balaban J connectivity index is 2.27. The van der Waals surface area contributed by atoms with Crippen LogP contribution >= 0.6 is 24.0 Å². The van der Waals surface area contributed by atoms with Crippen LogP contribution in [0.1, 0.15) is 19.4 Å². The second-order valence-electron chi connectivity index (χ2n) is 5.30. The van der Waals surface area contributed by atoms with Crippen molar-refractivity contribution in [1.29, 1.82) is 0 Å². The van der Waals surface area contributed by atoms with Gasteiger partial charge >= 0.3 is 0 Å². The lowest BCUT2D eigenvalue weighted by atomic mass is 10.1. The van der Waals surface area contributed by atoms with Crippen molar-refractivity contribution in [2.45, 2.75) is 13.8 Å². The largest absolute Gasteiger partial charge is 0.493 e. The number of methoxy groups -OCH3 is 2. The summed E-state index contributed by atoms with van der Waals surface area (Å²) in [6, 6.07) is 5.55. The zero-order valence-electron chi connectivity index (χ0n) is 13.1. The molecule has 0 aliphatic carbocycles. The second kappa shape index (κ2) is 7.15. The van der Waals surface area contributed by atoms with Gasteiger partial charge in [0.25, 0.3) is 5.91 Å². The Kier molecular flexibility index (Phi) is 5.47. The molecule has 6 heteroatoms. The van der Waals surface area contributed by atoms with Crippen LogP contribution in [-0.4, -0.2) is 35.9 Å². The molecule has 0 atom stereocenters. The van der Waals surface area contributed by atoms with Gasteiger partial charge in [0, 0.05) is 6.54 Å². The lowest BCUT2D eigenvalue weighted by molar-refractivity contribution is -0.122. The van der Waals surface area contributed by atoms with Crippen molar-refractivity contribution in [2.75, 3.05) is 20.8 Å². The molecule has 0 bridgehead atoms. The summed E-state index contributed by atoms with van der Waals surface area (Å²) in [5, 5.41) is 0. The van der Waals surface area contributed by atoms with Crippen LogP contribution in [0.4, 0.5) is 0 Å². The Morgan fingerprint density at radius 1 is 1.27 bits per heavy atom. The molecule has 1 saturated heterocycles. The van der Waals surface area contributed by atoms with Gasteiger partial charge in [-0.05, 0) is 29.7 Å². The third-order valence-electron chi connectivity index (χ3n) is 3.13. The number of rotatable bonds is 5. The van der Waals surface area contributed by atoms with Gasteiger partial charge in [0.1, 0.15) is 4.32 Å². The normalized spacial score (nSPS) is 16.8. The summed E-state index contributed by atoms with van der Waals surface area (Å²) in [4.78, 5) is 14.7. The van der Waals surface area contributed by atoms with Crippen molar-refractivity contribution in [1.82, 2.24) is 4.90 Å². The monoisotopic (exact) mass is 337 g/mol. The van der Waals surface area contributed by atoms with Crippen LogP contribution in [0.2, 0.25) is 0 Å². The van der Waals surface area contributed by atoms with Crippen LogP contribution in [0.15, 0.2) is 23.1 Å². The van der Waals surface area contributed by atoms with Gasteiger partial charge in [-0.1, -0.05) is 43.9 Å². The van der Waals surface area contributed by atoms with E-state index in [9.17, 15) is 4.79 Å². The number of hydrogen-bond donors (Lipinski definition) is 0. The molecule has 1 aromatic rings. The number of carbonyl (C=O) groups is 1. The number of ether oxygens (including phenoxy) is 2. The van der Waals surface area contributed by atoms with E-state index < -0.39 is 0 Å². The molecule has 1 aliphatic rings. The number of hydrogen-bond acceptors (Lipinski definition) is 5. The SMILES string of the molecule is COc1ccc(/C=C2\SC(=S)N(CC(C)C)C2=O)cc1OC. The van der Waals surface area contributed by atoms with Gasteiger partial charge in [0.15, 0.2) is 11.5 Å². The number of carbonyl (C=O) groups excluding carboxylic acids is 1. The molecule has 0 aromatic heterocycles. The van der Waals surface area contributed by atoms with Gasteiger partial charge in [-0.15, -0.1) is 0 Å². The average molecular weight is 337 g/mol. The van der Waals surface area contributed by atoms with Gasteiger partial charge in [0.05, 0.1) is 19.1 Å². The minimum atomic E-state index is -0.0292. The van der Waals surface area contributed by atoms with E-state index in [1.54, 1.807) is 19.1 Å². The highest BCUT2D eigenvalue weighted by molar-refractivity contribution is 8.26. The highest BCUT2D eigenvalue weighted by Gasteiger charge is 2.32. The fourth-order valence-electron chi connectivity index (χ4n) is 2.12.